The minimum Gasteiger partial charge on any atom is -0.486 e. The second-order valence-corrected chi connectivity index (χ2v) is 7.24. The van der Waals surface area contributed by atoms with E-state index in [-0.39, 0.29) is 11.7 Å². The number of benzene rings is 1. The fourth-order valence-electron chi connectivity index (χ4n) is 3.15. The maximum Gasteiger partial charge on any atom is 0.278 e. The van der Waals surface area contributed by atoms with E-state index in [0.717, 1.165) is 24.6 Å². The molecule has 1 aromatic carbocycles. The fraction of sp³-hybridized carbons (Fsp3) is 0.364. The van der Waals surface area contributed by atoms with Crippen molar-refractivity contribution >= 4 is 11.9 Å². The highest BCUT2D eigenvalue weighted by molar-refractivity contribution is 5.81. The third-order valence-corrected chi connectivity index (χ3v) is 4.53. The van der Waals surface area contributed by atoms with Gasteiger partial charge in [-0.1, -0.05) is 37.3 Å². The Labute approximate surface area is 158 Å². The number of carbonyl (C=O) groups is 1. The van der Waals surface area contributed by atoms with Crippen LogP contribution in [0.25, 0.3) is 6.08 Å². The van der Waals surface area contributed by atoms with Crippen LogP contribution in [0, 0.1) is 0 Å². The van der Waals surface area contributed by atoms with Crippen LogP contribution in [0.5, 0.6) is 5.75 Å². The van der Waals surface area contributed by atoms with Crippen LogP contribution in [0.2, 0.25) is 0 Å². The van der Waals surface area contributed by atoms with Gasteiger partial charge in [0.25, 0.3) is 5.92 Å². The first-order valence-corrected chi connectivity index (χ1v) is 9.07. The lowest BCUT2D eigenvalue weighted by atomic mass is 9.95. The van der Waals surface area contributed by atoms with E-state index in [0.29, 0.717) is 18.6 Å². The Morgan fingerprint density at radius 3 is 2.81 bits per heavy atom. The summed E-state index contributed by atoms with van der Waals surface area (Å²) in [6.45, 7) is 2.06. The number of nitrogens with zero attached hydrogens (tertiary/aromatic N) is 1. The molecule has 142 valence electrons. The van der Waals surface area contributed by atoms with Crippen LogP contribution in [-0.2, 0) is 17.6 Å². The van der Waals surface area contributed by atoms with Crippen molar-refractivity contribution in [3.63, 3.8) is 0 Å². The number of hydrogen-bond acceptors (Lipinski definition) is 3. The van der Waals surface area contributed by atoms with Gasteiger partial charge in [0.1, 0.15) is 11.5 Å². The Kier molecular flexibility index (Phi) is 5.68. The number of ketones is 1. The van der Waals surface area contributed by atoms with Crippen molar-refractivity contribution in [3.05, 3.63) is 65.0 Å². The zero-order valence-corrected chi connectivity index (χ0v) is 15.5. The molecule has 1 heterocycles. The van der Waals surface area contributed by atoms with E-state index in [2.05, 4.69) is 29.3 Å². The second-order valence-electron chi connectivity index (χ2n) is 7.24. The maximum atomic E-state index is 12.8. The number of Topliss-reactive ketones (excluding diaryl/α,β-unsaturated/α-hetero) is 1. The van der Waals surface area contributed by atoms with Crippen LogP contribution < -0.4 is 4.74 Å². The van der Waals surface area contributed by atoms with Crippen molar-refractivity contribution in [2.75, 3.05) is 6.61 Å². The number of allylic oxidation sites excluding steroid dienone is 1. The highest BCUT2D eigenvalue weighted by atomic mass is 19.3. The smallest absolute Gasteiger partial charge is 0.278 e. The first-order valence-electron chi connectivity index (χ1n) is 9.07. The standard InChI is InChI=1S/C22H23F2NO2/c1-15(21-9-8-20(13-25-21)27-14-22(2,23)24)10-19(26)12-16-6-7-17-4-3-5-18(17)11-16/h3-4,6-9,11,13,15H,5,10,12,14H2,1-2H3/t15-/m0/s1. The molecule has 0 N–H and O–H groups in total. The van der Waals surface area contributed by atoms with E-state index in [9.17, 15) is 13.6 Å². The third-order valence-electron chi connectivity index (χ3n) is 4.53. The lowest BCUT2D eigenvalue weighted by Crippen LogP contribution is -2.21. The van der Waals surface area contributed by atoms with Gasteiger partial charge in [0.05, 0.1) is 6.20 Å². The number of hydrogen-bond donors (Lipinski definition) is 0. The van der Waals surface area contributed by atoms with Gasteiger partial charge >= 0.3 is 0 Å². The fourth-order valence-corrected chi connectivity index (χ4v) is 3.15. The Morgan fingerprint density at radius 1 is 1.30 bits per heavy atom. The Morgan fingerprint density at radius 2 is 2.11 bits per heavy atom. The lowest BCUT2D eigenvalue weighted by Gasteiger charge is -2.14. The summed E-state index contributed by atoms with van der Waals surface area (Å²) in [4.78, 5) is 16.7. The highest BCUT2D eigenvalue weighted by Crippen LogP contribution is 2.24. The van der Waals surface area contributed by atoms with Crippen LogP contribution in [-0.4, -0.2) is 23.3 Å². The molecular weight excluding hydrogens is 348 g/mol. The number of ether oxygens (including phenoxy) is 1. The number of fused-ring (bicyclic) bond motifs is 1. The predicted molar refractivity (Wildman–Crippen MR) is 101 cm³/mol. The average molecular weight is 371 g/mol. The van der Waals surface area contributed by atoms with Crippen molar-refractivity contribution in [2.24, 2.45) is 0 Å². The number of rotatable bonds is 8. The number of pyridine rings is 1. The summed E-state index contributed by atoms with van der Waals surface area (Å²) >= 11 is 0. The topological polar surface area (TPSA) is 39.2 Å². The molecule has 0 saturated heterocycles. The van der Waals surface area contributed by atoms with E-state index in [1.807, 2.05) is 13.0 Å². The van der Waals surface area contributed by atoms with Gasteiger partial charge in [-0.2, -0.15) is 0 Å². The second kappa shape index (κ2) is 7.99. The minimum atomic E-state index is -2.88. The SMILES string of the molecule is C[C@@H](CC(=O)Cc1ccc2c(c1)CC=C2)c1ccc(OCC(C)(F)F)cn1. The Balaban J connectivity index is 1.53. The van der Waals surface area contributed by atoms with Crippen LogP contribution in [0.1, 0.15) is 48.6 Å². The van der Waals surface area contributed by atoms with E-state index in [1.54, 1.807) is 12.1 Å². The third kappa shape index (κ3) is 5.46. The summed E-state index contributed by atoms with van der Waals surface area (Å²) in [6, 6.07) is 9.51. The molecule has 0 amide bonds. The minimum absolute atomic E-state index is 0.0461. The summed E-state index contributed by atoms with van der Waals surface area (Å²) < 4.78 is 30.7. The number of alkyl halides is 2. The molecule has 1 atom stereocenters. The van der Waals surface area contributed by atoms with Crippen molar-refractivity contribution < 1.29 is 18.3 Å². The molecule has 27 heavy (non-hydrogen) atoms. The monoisotopic (exact) mass is 371 g/mol. The molecule has 0 radical (unpaired) electrons. The van der Waals surface area contributed by atoms with Crippen LogP contribution in [0.15, 0.2) is 42.6 Å². The van der Waals surface area contributed by atoms with E-state index in [4.69, 9.17) is 4.74 Å². The predicted octanol–water partition coefficient (Wildman–Crippen LogP) is 4.99. The zero-order chi connectivity index (χ0) is 19.4. The van der Waals surface area contributed by atoms with E-state index >= 15 is 0 Å². The van der Waals surface area contributed by atoms with Crippen molar-refractivity contribution in [1.29, 1.82) is 0 Å². The molecular formula is C22H23F2NO2. The van der Waals surface area contributed by atoms with Gasteiger partial charge in [-0.15, -0.1) is 0 Å². The van der Waals surface area contributed by atoms with Gasteiger partial charge < -0.3 is 4.74 Å². The molecule has 0 fully saturated rings. The largest absolute Gasteiger partial charge is 0.486 e. The molecule has 0 bridgehead atoms. The summed E-state index contributed by atoms with van der Waals surface area (Å²) in [7, 11) is 0. The molecule has 0 saturated carbocycles. The quantitative estimate of drug-likeness (QED) is 0.656. The van der Waals surface area contributed by atoms with Crippen molar-refractivity contribution in [3.8, 4) is 5.75 Å². The van der Waals surface area contributed by atoms with Gasteiger partial charge in [-0.3, -0.25) is 9.78 Å². The zero-order valence-electron chi connectivity index (χ0n) is 15.5. The molecule has 0 spiro atoms. The summed E-state index contributed by atoms with van der Waals surface area (Å²) in [6.07, 6.45) is 7.37. The molecule has 3 rings (SSSR count). The summed E-state index contributed by atoms with van der Waals surface area (Å²) in [5.41, 5.74) is 4.28. The Bertz CT molecular complexity index is 838. The van der Waals surface area contributed by atoms with Gasteiger partial charge in [0.15, 0.2) is 6.61 Å². The maximum absolute atomic E-state index is 12.8. The molecule has 1 aliphatic rings. The molecule has 1 aromatic heterocycles. The molecule has 5 heteroatoms. The van der Waals surface area contributed by atoms with Crippen LogP contribution in [0.3, 0.4) is 0 Å². The molecule has 3 nitrogen and oxygen atoms in total. The van der Waals surface area contributed by atoms with E-state index < -0.39 is 12.5 Å². The molecule has 0 aliphatic heterocycles. The van der Waals surface area contributed by atoms with Gasteiger partial charge in [0.2, 0.25) is 0 Å². The average Bonchev–Trinajstić information content (AvgIpc) is 3.07. The number of halogens is 2. The summed E-state index contributed by atoms with van der Waals surface area (Å²) in [5.74, 6) is -2.48. The van der Waals surface area contributed by atoms with Gasteiger partial charge in [-0.05, 0) is 35.2 Å². The Hall–Kier alpha value is -2.56. The first-order chi connectivity index (χ1) is 12.8. The van der Waals surface area contributed by atoms with E-state index in [1.165, 1.54) is 17.3 Å². The highest BCUT2D eigenvalue weighted by Gasteiger charge is 2.22. The molecule has 2 aromatic rings. The number of carbonyl (C=O) groups excluding carboxylic acids is 1. The van der Waals surface area contributed by atoms with Crippen molar-refractivity contribution in [2.45, 2.75) is 45.0 Å². The molecule has 1 aliphatic carbocycles. The lowest BCUT2D eigenvalue weighted by molar-refractivity contribution is -0.118. The number of aromatic nitrogens is 1. The van der Waals surface area contributed by atoms with Crippen LogP contribution in [0.4, 0.5) is 8.78 Å². The normalized spacial score (nSPS) is 14.1. The van der Waals surface area contributed by atoms with Gasteiger partial charge in [0, 0.05) is 31.4 Å². The molecule has 0 unspecified atom stereocenters. The van der Waals surface area contributed by atoms with Gasteiger partial charge in [-0.25, -0.2) is 8.78 Å². The summed E-state index contributed by atoms with van der Waals surface area (Å²) in [5, 5.41) is 0. The first kappa shape index (κ1) is 19.2. The van der Waals surface area contributed by atoms with Crippen LogP contribution >= 0.6 is 0 Å². The van der Waals surface area contributed by atoms with Crippen molar-refractivity contribution in [1.82, 2.24) is 4.98 Å².